The fourth-order valence-electron chi connectivity index (χ4n) is 5.84. The molecule has 19 nitrogen and oxygen atoms in total. The van der Waals surface area contributed by atoms with Crippen LogP contribution in [0, 0.1) is 0 Å². The van der Waals surface area contributed by atoms with Gasteiger partial charge in [-0.1, -0.05) is 0 Å². The molecule has 0 spiro atoms. The van der Waals surface area contributed by atoms with Crippen LogP contribution in [0.15, 0.2) is 0 Å². The van der Waals surface area contributed by atoms with E-state index in [1.165, 1.54) is 9.80 Å². The Balaban J connectivity index is 0.000000171. The van der Waals surface area contributed by atoms with Gasteiger partial charge in [0.15, 0.2) is 0 Å². The Kier molecular flexibility index (Phi) is 9.32. The number of fused-ring (bicyclic) bond motifs is 4. The van der Waals surface area contributed by atoms with Gasteiger partial charge in [0, 0.05) is 39.3 Å². The van der Waals surface area contributed by atoms with Crippen molar-refractivity contribution in [2.75, 3.05) is 65.7 Å². The summed E-state index contributed by atoms with van der Waals surface area (Å²) < 4.78 is 45.1. The summed E-state index contributed by atoms with van der Waals surface area (Å²) in [7, 11) is -4.78. The average molecular weight is 621 g/mol. The minimum Gasteiger partial charge on any atom is -0.379 e. The summed E-state index contributed by atoms with van der Waals surface area (Å²) in [6.45, 7) is 5.27. The quantitative estimate of drug-likeness (QED) is 0.177. The first-order valence-electron chi connectivity index (χ1n) is 13.8. The van der Waals surface area contributed by atoms with E-state index < -0.39 is 40.6 Å². The zero-order valence-electron chi connectivity index (χ0n) is 22.9. The van der Waals surface area contributed by atoms with E-state index in [-0.39, 0.29) is 24.4 Å². The minimum absolute atomic E-state index is 0.167. The number of nitrogens with one attached hydrogen (secondary N) is 2. The van der Waals surface area contributed by atoms with Crippen LogP contribution in [-0.2, 0) is 33.7 Å². The largest absolute Gasteiger partial charge is 0.418 e. The second-order valence-corrected chi connectivity index (χ2v) is 11.7. The number of piperidine rings is 2. The van der Waals surface area contributed by atoms with E-state index in [4.69, 9.17) is 14.0 Å². The number of morpholine rings is 2. The highest BCUT2D eigenvalue weighted by Gasteiger charge is 2.50. The Morgan fingerprint density at radius 2 is 1.21 bits per heavy atom. The van der Waals surface area contributed by atoms with Crippen LogP contribution in [-0.4, -0.2) is 162 Å². The van der Waals surface area contributed by atoms with Gasteiger partial charge in [-0.2, -0.15) is 13.5 Å². The topological polar surface area (TPSA) is 214 Å². The molecule has 0 aromatic rings. The summed E-state index contributed by atoms with van der Waals surface area (Å²) in [6.07, 6.45) is 2.03. The monoisotopic (exact) mass is 620 g/mol. The molecule has 4 atom stereocenters. The predicted molar refractivity (Wildman–Crippen MR) is 137 cm³/mol. The summed E-state index contributed by atoms with van der Waals surface area (Å²) in [6, 6.07) is -3.06. The number of urea groups is 2. The van der Waals surface area contributed by atoms with Gasteiger partial charge in [0.1, 0.15) is 12.1 Å². The highest BCUT2D eigenvalue weighted by Crippen LogP contribution is 2.31. The first-order valence-corrected chi connectivity index (χ1v) is 15.2. The molecular weight excluding hydrogens is 584 g/mol. The van der Waals surface area contributed by atoms with Crippen molar-refractivity contribution in [3.05, 3.63) is 0 Å². The van der Waals surface area contributed by atoms with Gasteiger partial charge in [-0.25, -0.2) is 24.7 Å². The summed E-state index contributed by atoms with van der Waals surface area (Å²) in [4.78, 5) is 51.3. The van der Waals surface area contributed by atoms with Crippen molar-refractivity contribution < 1.29 is 51.1 Å². The molecule has 6 aliphatic heterocycles. The number of hydrogen-bond acceptors (Lipinski definition) is 12. The number of amides is 6. The fraction of sp³-hybridized carbons (Fsp3) is 0.818. The van der Waals surface area contributed by atoms with Crippen LogP contribution in [0.3, 0.4) is 0 Å². The molecule has 6 amide bonds. The van der Waals surface area contributed by atoms with Gasteiger partial charge >= 0.3 is 22.5 Å². The van der Waals surface area contributed by atoms with Gasteiger partial charge in [0.25, 0.3) is 11.8 Å². The first-order chi connectivity index (χ1) is 20.0. The molecule has 6 saturated heterocycles. The maximum absolute atomic E-state index is 12.4. The number of carbonyl (C=O) groups excluding carboxylic acids is 4. The van der Waals surface area contributed by atoms with E-state index in [2.05, 4.69) is 15.1 Å². The number of carbonyl (C=O) groups is 4. The normalized spacial score (nSPS) is 30.2. The lowest BCUT2D eigenvalue weighted by atomic mass is 10.0. The third kappa shape index (κ3) is 6.86. The molecule has 6 aliphatic rings. The molecular formula is C22H36N8O11S. The van der Waals surface area contributed by atoms with Gasteiger partial charge in [-0.15, -0.1) is 4.28 Å². The smallest absolute Gasteiger partial charge is 0.379 e. The Hall–Kier alpha value is -2.85. The minimum atomic E-state index is -4.78. The van der Waals surface area contributed by atoms with E-state index >= 15 is 0 Å². The molecule has 0 saturated carbocycles. The molecule has 20 heteroatoms. The second-order valence-electron chi connectivity index (χ2n) is 10.7. The molecule has 42 heavy (non-hydrogen) atoms. The van der Waals surface area contributed by atoms with Crippen molar-refractivity contribution in [1.82, 2.24) is 40.8 Å². The molecule has 236 valence electrons. The first kappa shape index (κ1) is 30.6. The van der Waals surface area contributed by atoms with Gasteiger partial charge in [0.05, 0.1) is 38.5 Å². The Labute approximate surface area is 241 Å². The molecule has 0 aliphatic carbocycles. The van der Waals surface area contributed by atoms with E-state index in [9.17, 15) is 32.8 Å². The van der Waals surface area contributed by atoms with Crippen molar-refractivity contribution in [1.29, 1.82) is 0 Å². The van der Waals surface area contributed by atoms with Crippen molar-refractivity contribution >= 4 is 34.3 Å². The maximum atomic E-state index is 12.4. The second kappa shape index (κ2) is 12.8. The van der Waals surface area contributed by atoms with Crippen LogP contribution in [0.2, 0.25) is 0 Å². The van der Waals surface area contributed by atoms with E-state index in [0.29, 0.717) is 89.9 Å². The van der Waals surface area contributed by atoms with Gasteiger partial charge in [-0.3, -0.25) is 30.2 Å². The van der Waals surface area contributed by atoms with Crippen LogP contribution >= 0.6 is 0 Å². The summed E-state index contributed by atoms with van der Waals surface area (Å²) >= 11 is 0. The highest BCUT2D eigenvalue weighted by atomic mass is 32.3. The predicted octanol–water partition coefficient (Wildman–Crippen LogP) is -2.64. The van der Waals surface area contributed by atoms with E-state index in [1.54, 1.807) is 5.01 Å². The number of rotatable bonds is 6. The Bertz CT molecular complexity index is 1150. The molecule has 0 aromatic carbocycles. The SMILES string of the molecule is O=C(NN1CCOCC1)[C@@H]1CC[C@@H]2CN1C(=O)N2O.O=C(NN1CCOCC1)[C@@H]1CC[C@@H]2CN1C(=O)N2OS(=O)(=O)O. The highest BCUT2D eigenvalue weighted by molar-refractivity contribution is 7.80. The van der Waals surface area contributed by atoms with Crippen LogP contribution < -0.4 is 10.9 Å². The maximum Gasteiger partial charge on any atom is 0.418 e. The molecule has 6 fully saturated rings. The van der Waals surface area contributed by atoms with Crippen molar-refractivity contribution in [2.24, 2.45) is 0 Å². The van der Waals surface area contributed by atoms with Crippen LogP contribution in [0.25, 0.3) is 0 Å². The lowest BCUT2D eigenvalue weighted by molar-refractivity contribution is -0.133. The Morgan fingerprint density at radius 1 is 0.762 bits per heavy atom. The number of ether oxygens (including phenoxy) is 2. The summed E-state index contributed by atoms with van der Waals surface area (Å²) in [5, 5.41) is 14.5. The van der Waals surface area contributed by atoms with Crippen LogP contribution in [0.1, 0.15) is 25.7 Å². The third-order valence-corrected chi connectivity index (χ3v) is 8.35. The zero-order chi connectivity index (χ0) is 30.0. The van der Waals surface area contributed by atoms with Crippen LogP contribution in [0.5, 0.6) is 0 Å². The van der Waals surface area contributed by atoms with Crippen molar-refractivity contribution in [2.45, 2.75) is 49.9 Å². The van der Waals surface area contributed by atoms with Gasteiger partial charge < -0.3 is 19.3 Å². The summed E-state index contributed by atoms with van der Waals surface area (Å²) in [5.41, 5.74) is 5.58. The number of nitrogens with zero attached hydrogens (tertiary/aromatic N) is 6. The summed E-state index contributed by atoms with van der Waals surface area (Å²) in [5.74, 6) is -0.503. The fourth-order valence-corrected chi connectivity index (χ4v) is 6.23. The van der Waals surface area contributed by atoms with E-state index in [1.807, 2.05) is 5.01 Å². The number of hydrazine groups is 2. The lowest BCUT2D eigenvalue weighted by Gasteiger charge is -2.33. The van der Waals surface area contributed by atoms with Gasteiger partial charge in [-0.05, 0) is 25.7 Å². The average Bonchev–Trinajstić information content (AvgIpc) is 3.33. The molecule has 4 N–H and O–H groups in total. The molecule has 6 rings (SSSR count). The molecule has 0 unspecified atom stereocenters. The van der Waals surface area contributed by atoms with Crippen molar-refractivity contribution in [3.8, 4) is 0 Å². The van der Waals surface area contributed by atoms with Gasteiger partial charge in [0.2, 0.25) is 0 Å². The number of hydroxylamine groups is 4. The van der Waals surface area contributed by atoms with E-state index in [0.717, 1.165) is 5.06 Å². The molecule has 0 radical (unpaired) electrons. The number of hydrogen-bond donors (Lipinski definition) is 4. The molecule has 0 aromatic heterocycles. The molecule has 4 bridgehead atoms. The molecule has 6 heterocycles. The third-order valence-electron chi connectivity index (χ3n) is 8.01. The zero-order valence-corrected chi connectivity index (χ0v) is 23.7. The standard InChI is InChI=1S/C11H18N4O7S.C11H18N4O4/c16-10(12-13-3-5-21-6-4-13)9-2-1-8-7-14(9)11(17)15(8)22-23(18,19)20;16-10(12-13-3-5-19-6-4-13)9-2-1-8-7-14(9)11(17)15(8)18/h8-9H,1-7H2,(H,12,16)(H,18,19,20);8-9,18H,1-7H2,(H,12,16)/t2*8-,9+/m11/s1. The Morgan fingerprint density at radius 3 is 1.71 bits per heavy atom. The lowest BCUT2D eigenvalue weighted by Crippen LogP contribution is -2.56. The van der Waals surface area contributed by atoms with Crippen molar-refractivity contribution in [3.63, 3.8) is 0 Å². The van der Waals surface area contributed by atoms with Crippen LogP contribution in [0.4, 0.5) is 9.59 Å².